The number of nitrogens with one attached hydrogen (secondary N) is 1. The molecule has 4 rings (SSSR count). The molecule has 1 atom stereocenters. The zero-order chi connectivity index (χ0) is 19.7. The molecule has 2 heterocycles. The molecule has 0 aliphatic carbocycles. The highest BCUT2D eigenvalue weighted by Gasteiger charge is 2.54. The SMILES string of the molecule is O=C1NC2(CCOc3ccccc32)C(=O)N1CCOc1cccc([N+](=O)[O-])c1. The second kappa shape index (κ2) is 6.84. The molecule has 2 aliphatic heterocycles. The van der Waals surface area contributed by atoms with E-state index in [9.17, 15) is 19.7 Å². The third-order valence-electron chi connectivity index (χ3n) is 4.87. The smallest absolute Gasteiger partial charge is 0.325 e. The summed E-state index contributed by atoms with van der Waals surface area (Å²) >= 11 is 0. The van der Waals surface area contributed by atoms with Crippen molar-refractivity contribution in [3.63, 3.8) is 0 Å². The van der Waals surface area contributed by atoms with Gasteiger partial charge < -0.3 is 14.8 Å². The van der Waals surface area contributed by atoms with E-state index in [2.05, 4.69) is 5.32 Å². The highest BCUT2D eigenvalue weighted by molar-refractivity contribution is 6.08. The molecule has 1 saturated heterocycles. The maximum atomic E-state index is 13.1. The Labute approximate surface area is 160 Å². The van der Waals surface area contributed by atoms with Gasteiger partial charge in [0, 0.05) is 18.1 Å². The molecule has 144 valence electrons. The Morgan fingerprint density at radius 2 is 2.04 bits per heavy atom. The van der Waals surface area contributed by atoms with E-state index in [0.29, 0.717) is 30.1 Å². The molecule has 2 aromatic carbocycles. The fourth-order valence-corrected chi connectivity index (χ4v) is 3.52. The van der Waals surface area contributed by atoms with Crippen molar-refractivity contribution in [1.82, 2.24) is 10.2 Å². The minimum Gasteiger partial charge on any atom is -0.493 e. The van der Waals surface area contributed by atoms with Crippen LogP contribution in [0.1, 0.15) is 12.0 Å². The van der Waals surface area contributed by atoms with Gasteiger partial charge in [-0.2, -0.15) is 0 Å². The van der Waals surface area contributed by atoms with Gasteiger partial charge in [-0.15, -0.1) is 0 Å². The van der Waals surface area contributed by atoms with Crippen LogP contribution in [0, 0.1) is 10.1 Å². The lowest BCUT2D eigenvalue weighted by Gasteiger charge is -2.33. The van der Waals surface area contributed by atoms with Crippen molar-refractivity contribution in [1.29, 1.82) is 0 Å². The average molecular weight is 383 g/mol. The van der Waals surface area contributed by atoms with Crippen molar-refractivity contribution in [2.45, 2.75) is 12.0 Å². The van der Waals surface area contributed by atoms with E-state index in [1.165, 1.54) is 18.2 Å². The Morgan fingerprint density at radius 1 is 1.21 bits per heavy atom. The Morgan fingerprint density at radius 3 is 2.86 bits per heavy atom. The number of nitro groups is 1. The Bertz CT molecular complexity index is 962. The van der Waals surface area contributed by atoms with Gasteiger partial charge in [0.1, 0.15) is 18.1 Å². The van der Waals surface area contributed by atoms with Crippen molar-refractivity contribution >= 4 is 17.6 Å². The van der Waals surface area contributed by atoms with Gasteiger partial charge in [0.25, 0.3) is 11.6 Å². The van der Waals surface area contributed by atoms with Crippen LogP contribution in [0.2, 0.25) is 0 Å². The number of para-hydroxylation sites is 1. The Hall–Kier alpha value is -3.62. The second-order valence-electron chi connectivity index (χ2n) is 6.49. The molecular weight excluding hydrogens is 366 g/mol. The summed E-state index contributed by atoms with van der Waals surface area (Å²) in [5.74, 6) is 0.528. The molecule has 1 unspecified atom stereocenters. The molecule has 1 fully saturated rings. The maximum Gasteiger partial charge on any atom is 0.325 e. The average Bonchev–Trinajstić information content (AvgIpc) is 2.93. The van der Waals surface area contributed by atoms with Gasteiger partial charge in [-0.05, 0) is 12.1 Å². The quantitative estimate of drug-likeness (QED) is 0.481. The first-order chi connectivity index (χ1) is 13.5. The highest BCUT2D eigenvalue weighted by Crippen LogP contribution is 2.40. The standard InChI is InChI=1S/C19H17N3O6/c23-17-19(8-10-28-16-7-2-1-6-15(16)19)20-18(24)21(17)9-11-27-14-5-3-4-13(12-14)22(25)26/h1-7,12H,8-11H2,(H,20,24). The summed E-state index contributed by atoms with van der Waals surface area (Å²) in [6.07, 6.45) is 0.344. The van der Waals surface area contributed by atoms with E-state index >= 15 is 0 Å². The number of nitrogens with zero attached hydrogens (tertiary/aromatic N) is 2. The lowest BCUT2D eigenvalue weighted by atomic mass is 9.84. The summed E-state index contributed by atoms with van der Waals surface area (Å²) in [6, 6.07) is 12.4. The summed E-state index contributed by atoms with van der Waals surface area (Å²) in [5, 5.41) is 13.6. The molecule has 9 heteroatoms. The van der Waals surface area contributed by atoms with Crippen molar-refractivity contribution in [2.24, 2.45) is 0 Å². The van der Waals surface area contributed by atoms with Crippen LogP contribution in [-0.4, -0.2) is 41.5 Å². The number of nitro benzene ring substituents is 1. The zero-order valence-corrected chi connectivity index (χ0v) is 14.8. The molecule has 0 bridgehead atoms. The summed E-state index contributed by atoms with van der Waals surface area (Å²) in [4.78, 5) is 37.0. The van der Waals surface area contributed by atoms with E-state index in [1.807, 2.05) is 6.07 Å². The predicted octanol–water partition coefficient (Wildman–Crippen LogP) is 2.20. The molecule has 0 aromatic heterocycles. The summed E-state index contributed by atoms with van der Waals surface area (Å²) < 4.78 is 11.1. The first-order valence-electron chi connectivity index (χ1n) is 8.75. The van der Waals surface area contributed by atoms with Crippen molar-refractivity contribution in [3.05, 3.63) is 64.2 Å². The molecule has 3 amide bonds. The van der Waals surface area contributed by atoms with Crippen LogP contribution < -0.4 is 14.8 Å². The molecule has 28 heavy (non-hydrogen) atoms. The first kappa shape index (κ1) is 17.8. The monoisotopic (exact) mass is 383 g/mol. The van der Waals surface area contributed by atoms with Crippen LogP contribution in [-0.2, 0) is 10.3 Å². The third kappa shape index (κ3) is 2.90. The highest BCUT2D eigenvalue weighted by atomic mass is 16.6. The van der Waals surface area contributed by atoms with Gasteiger partial charge >= 0.3 is 6.03 Å². The topological polar surface area (TPSA) is 111 Å². The van der Waals surface area contributed by atoms with Crippen LogP contribution in [0.5, 0.6) is 11.5 Å². The van der Waals surface area contributed by atoms with Crippen LogP contribution in [0.25, 0.3) is 0 Å². The number of carbonyl (C=O) groups excluding carboxylic acids is 2. The lowest BCUT2D eigenvalue weighted by molar-refractivity contribution is -0.384. The van der Waals surface area contributed by atoms with Gasteiger partial charge in [-0.3, -0.25) is 19.8 Å². The number of hydrogen-bond donors (Lipinski definition) is 1. The van der Waals surface area contributed by atoms with E-state index in [4.69, 9.17) is 9.47 Å². The molecule has 9 nitrogen and oxygen atoms in total. The summed E-state index contributed by atoms with van der Waals surface area (Å²) in [5.41, 5.74) is -0.579. The van der Waals surface area contributed by atoms with E-state index in [-0.39, 0.29) is 24.7 Å². The number of ether oxygens (including phenoxy) is 2. The molecule has 0 saturated carbocycles. The normalized spacial score (nSPS) is 20.5. The number of carbonyl (C=O) groups is 2. The Balaban J connectivity index is 1.47. The van der Waals surface area contributed by atoms with Crippen LogP contribution in [0.15, 0.2) is 48.5 Å². The van der Waals surface area contributed by atoms with Gasteiger partial charge in [-0.1, -0.05) is 24.3 Å². The fraction of sp³-hybridized carbons (Fsp3) is 0.263. The molecule has 2 aromatic rings. The maximum absolute atomic E-state index is 13.1. The van der Waals surface area contributed by atoms with Gasteiger partial charge in [-0.25, -0.2) is 4.79 Å². The molecular formula is C19H17N3O6. The first-order valence-corrected chi connectivity index (χ1v) is 8.75. The number of rotatable bonds is 5. The summed E-state index contributed by atoms with van der Waals surface area (Å²) in [7, 11) is 0. The van der Waals surface area contributed by atoms with Gasteiger partial charge in [0.15, 0.2) is 5.54 Å². The van der Waals surface area contributed by atoms with E-state index in [1.54, 1.807) is 24.3 Å². The number of benzene rings is 2. The van der Waals surface area contributed by atoms with E-state index in [0.717, 1.165) is 4.90 Å². The van der Waals surface area contributed by atoms with Crippen LogP contribution in [0.3, 0.4) is 0 Å². The Kier molecular flexibility index (Phi) is 4.34. The third-order valence-corrected chi connectivity index (χ3v) is 4.87. The van der Waals surface area contributed by atoms with Gasteiger partial charge in [0.05, 0.1) is 24.1 Å². The number of fused-ring (bicyclic) bond motifs is 2. The number of urea groups is 1. The minimum absolute atomic E-state index is 0.0224. The second-order valence-corrected chi connectivity index (χ2v) is 6.49. The number of non-ortho nitro benzene ring substituents is 1. The zero-order valence-electron chi connectivity index (χ0n) is 14.8. The van der Waals surface area contributed by atoms with Crippen molar-refractivity contribution < 1.29 is 24.0 Å². The van der Waals surface area contributed by atoms with Crippen LogP contribution >= 0.6 is 0 Å². The summed E-state index contributed by atoms with van der Waals surface area (Å²) in [6.45, 7) is 0.369. The number of amides is 3. The predicted molar refractivity (Wildman–Crippen MR) is 97.1 cm³/mol. The molecule has 1 spiro atoms. The minimum atomic E-state index is -1.13. The lowest BCUT2D eigenvalue weighted by Crippen LogP contribution is -2.47. The largest absolute Gasteiger partial charge is 0.493 e. The fourth-order valence-electron chi connectivity index (χ4n) is 3.52. The van der Waals surface area contributed by atoms with Crippen LogP contribution in [0.4, 0.5) is 10.5 Å². The van der Waals surface area contributed by atoms with Gasteiger partial charge in [0.2, 0.25) is 0 Å². The number of imide groups is 1. The van der Waals surface area contributed by atoms with E-state index < -0.39 is 16.5 Å². The molecule has 1 N–H and O–H groups in total. The molecule has 0 radical (unpaired) electrons. The van der Waals surface area contributed by atoms with Crippen molar-refractivity contribution in [3.8, 4) is 11.5 Å². The number of hydrogen-bond acceptors (Lipinski definition) is 6. The molecule has 2 aliphatic rings. The van der Waals surface area contributed by atoms with Crippen molar-refractivity contribution in [2.75, 3.05) is 19.8 Å².